The lowest BCUT2D eigenvalue weighted by atomic mass is 10.3. The molecule has 1 rings (SSSR count). The van der Waals surface area contributed by atoms with E-state index < -0.39 is 12.1 Å². The monoisotopic (exact) mass is 260 g/mol. The molecule has 0 radical (unpaired) electrons. The zero-order valence-corrected chi connectivity index (χ0v) is 10.6. The lowest BCUT2D eigenvalue weighted by molar-refractivity contribution is -0.144. The number of anilines is 1. The van der Waals surface area contributed by atoms with Crippen molar-refractivity contribution in [3.05, 3.63) is 0 Å². The van der Waals surface area contributed by atoms with Gasteiger partial charge in [-0.2, -0.15) is 0 Å². The number of ether oxygens (including phenoxy) is 1. The van der Waals surface area contributed by atoms with Crippen LogP contribution in [0.4, 0.5) is 5.95 Å². The first-order valence-corrected chi connectivity index (χ1v) is 6.14. The van der Waals surface area contributed by atoms with Gasteiger partial charge in [0.2, 0.25) is 5.95 Å². The van der Waals surface area contributed by atoms with E-state index in [9.17, 15) is 9.90 Å². The summed E-state index contributed by atoms with van der Waals surface area (Å²) in [5.74, 6) is 0.246. The standard InChI is InChI=1S/C9H16N4O3S/c1-3-16-7(15)4-6(14)5-17-9-12-11-8(10)13(9)2/h6,14H,3-5H2,1-2H3,(H2,10,11). The predicted molar refractivity (Wildman–Crippen MR) is 63.4 cm³/mol. The van der Waals surface area contributed by atoms with Crippen molar-refractivity contribution in [2.24, 2.45) is 7.05 Å². The summed E-state index contributed by atoms with van der Waals surface area (Å²) in [6, 6.07) is 0. The second-order valence-corrected chi connectivity index (χ2v) is 4.36. The number of nitrogens with zero attached hydrogens (tertiary/aromatic N) is 3. The molecule has 7 nitrogen and oxygen atoms in total. The van der Waals surface area contributed by atoms with Gasteiger partial charge < -0.3 is 15.6 Å². The van der Waals surface area contributed by atoms with Crippen molar-refractivity contribution in [1.82, 2.24) is 14.8 Å². The van der Waals surface area contributed by atoms with E-state index in [2.05, 4.69) is 10.2 Å². The normalized spacial score (nSPS) is 12.4. The van der Waals surface area contributed by atoms with Crippen molar-refractivity contribution in [2.75, 3.05) is 18.1 Å². The maximum absolute atomic E-state index is 11.1. The van der Waals surface area contributed by atoms with Crippen LogP contribution in [-0.4, -0.2) is 44.3 Å². The van der Waals surface area contributed by atoms with Crippen molar-refractivity contribution in [3.63, 3.8) is 0 Å². The minimum Gasteiger partial charge on any atom is -0.466 e. The molecular weight excluding hydrogens is 244 g/mol. The van der Waals surface area contributed by atoms with Crippen LogP contribution < -0.4 is 5.73 Å². The fourth-order valence-corrected chi connectivity index (χ4v) is 1.94. The summed E-state index contributed by atoms with van der Waals surface area (Å²) >= 11 is 1.29. The first kappa shape index (κ1) is 13.8. The van der Waals surface area contributed by atoms with Gasteiger partial charge in [-0.05, 0) is 6.92 Å². The number of hydrogen-bond acceptors (Lipinski definition) is 7. The summed E-state index contributed by atoms with van der Waals surface area (Å²) in [6.45, 7) is 2.04. The van der Waals surface area contributed by atoms with Crippen LogP contribution in [0, 0.1) is 0 Å². The summed E-state index contributed by atoms with van der Waals surface area (Å²) in [6.07, 6.45) is -0.786. The molecule has 0 spiro atoms. The molecule has 1 aromatic rings. The molecule has 0 aromatic carbocycles. The van der Waals surface area contributed by atoms with Crippen LogP contribution in [0.25, 0.3) is 0 Å². The molecule has 0 aliphatic heterocycles. The summed E-state index contributed by atoms with van der Waals surface area (Å²) in [7, 11) is 1.73. The quantitative estimate of drug-likeness (QED) is 0.539. The number of hydrogen-bond donors (Lipinski definition) is 2. The number of aliphatic hydroxyl groups excluding tert-OH is 1. The van der Waals surface area contributed by atoms with Gasteiger partial charge in [-0.1, -0.05) is 11.8 Å². The number of thioether (sulfide) groups is 1. The van der Waals surface area contributed by atoms with E-state index in [0.717, 1.165) is 0 Å². The summed E-state index contributed by atoms with van der Waals surface area (Å²) in [4.78, 5) is 11.1. The van der Waals surface area contributed by atoms with Gasteiger partial charge in [-0.25, -0.2) is 0 Å². The van der Waals surface area contributed by atoms with Crippen LogP contribution in [0.15, 0.2) is 5.16 Å². The number of aromatic nitrogens is 3. The van der Waals surface area contributed by atoms with Crippen LogP contribution in [0.1, 0.15) is 13.3 Å². The van der Waals surface area contributed by atoms with Crippen LogP contribution in [0.5, 0.6) is 0 Å². The zero-order chi connectivity index (χ0) is 12.8. The average molecular weight is 260 g/mol. The van der Waals surface area contributed by atoms with E-state index >= 15 is 0 Å². The Morgan fingerprint density at radius 3 is 2.88 bits per heavy atom. The Bertz CT molecular complexity index is 382. The highest BCUT2D eigenvalue weighted by atomic mass is 32.2. The molecule has 0 aliphatic carbocycles. The number of nitrogen functional groups attached to an aromatic ring is 1. The van der Waals surface area contributed by atoms with Crippen molar-refractivity contribution in [2.45, 2.75) is 24.6 Å². The third-order valence-electron chi connectivity index (χ3n) is 1.98. The van der Waals surface area contributed by atoms with Gasteiger partial charge in [0.25, 0.3) is 0 Å². The summed E-state index contributed by atoms with van der Waals surface area (Å²) in [5, 5.41) is 17.7. The van der Waals surface area contributed by atoms with Gasteiger partial charge in [0.15, 0.2) is 5.16 Å². The van der Waals surface area contributed by atoms with E-state index in [1.165, 1.54) is 11.8 Å². The molecule has 8 heteroatoms. The number of aliphatic hydroxyl groups is 1. The summed E-state index contributed by atoms with van der Waals surface area (Å²) < 4.78 is 6.34. The highest BCUT2D eigenvalue weighted by molar-refractivity contribution is 7.99. The number of carbonyl (C=O) groups is 1. The van der Waals surface area contributed by atoms with Crippen LogP contribution in [0.3, 0.4) is 0 Å². The maximum atomic E-state index is 11.1. The first-order valence-electron chi connectivity index (χ1n) is 5.16. The Kier molecular flexibility index (Phi) is 5.23. The van der Waals surface area contributed by atoms with E-state index in [1.54, 1.807) is 18.5 Å². The lowest BCUT2D eigenvalue weighted by Crippen LogP contribution is -2.18. The van der Waals surface area contributed by atoms with Gasteiger partial charge in [-0.3, -0.25) is 9.36 Å². The second-order valence-electron chi connectivity index (χ2n) is 3.37. The van der Waals surface area contributed by atoms with E-state index in [-0.39, 0.29) is 6.42 Å². The lowest BCUT2D eigenvalue weighted by Gasteiger charge is -2.08. The Morgan fingerprint density at radius 1 is 1.65 bits per heavy atom. The molecule has 0 fully saturated rings. The van der Waals surface area contributed by atoms with Crippen molar-refractivity contribution < 1.29 is 14.6 Å². The highest BCUT2D eigenvalue weighted by Crippen LogP contribution is 2.18. The average Bonchev–Trinajstić information content (AvgIpc) is 2.57. The van der Waals surface area contributed by atoms with Crippen molar-refractivity contribution in [1.29, 1.82) is 0 Å². The van der Waals surface area contributed by atoms with Gasteiger partial charge in [0.1, 0.15) is 0 Å². The Morgan fingerprint density at radius 2 is 2.35 bits per heavy atom. The number of rotatable bonds is 6. The Labute approximate surface area is 103 Å². The molecule has 1 unspecified atom stereocenters. The van der Waals surface area contributed by atoms with E-state index in [0.29, 0.717) is 23.5 Å². The summed E-state index contributed by atoms with van der Waals surface area (Å²) in [5.41, 5.74) is 5.51. The predicted octanol–water partition coefficient (Wildman–Crippen LogP) is -0.197. The number of nitrogens with two attached hydrogens (primary N) is 1. The molecule has 0 bridgehead atoms. The van der Waals surface area contributed by atoms with E-state index in [1.807, 2.05) is 0 Å². The molecule has 0 amide bonds. The minimum absolute atomic E-state index is 0.0197. The molecule has 96 valence electrons. The van der Waals surface area contributed by atoms with Crippen molar-refractivity contribution >= 4 is 23.7 Å². The van der Waals surface area contributed by atoms with Gasteiger partial charge in [0, 0.05) is 12.8 Å². The minimum atomic E-state index is -0.767. The largest absolute Gasteiger partial charge is 0.466 e. The molecular formula is C9H16N4O3S. The smallest absolute Gasteiger partial charge is 0.308 e. The molecule has 3 N–H and O–H groups in total. The molecule has 1 aromatic heterocycles. The third kappa shape index (κ3) is 4.23. The first-order chi connectivity index (χ1) is 8.04. The topological polar surface area (TPSA) is 103 Å². The molecule has 0 aliphatic rings. The Balaban J connectivity index is 2.35. The van der Waals surface area contributed by atoms with Crippen LogP contribution >= 0.6 is 11.8 Å². The maximum Gasteiger partial charge on any atom is 0.308 e. The van der Waals surface area contributed by atoms with Gasteiger partial charge >= 0.3 is 5.97 Å². The van der Waals surface area contributed by atoms with Gasteiger partial charge in [0.05, 0.1) is 19.1 Å². The SMILES string of the molecule is CCOC(=O)CC(O)CSc1nnc(N)n1C. The second kappa shape index (κ2) is 6.45. The molecule has 17 heavy (non-hydrogen) atoms. The zero-order valence-electron chi connectivity index (χ0n) is 9.79. The third-order valence-corrected chi connectivity index (χ3v) is 3.15. The van der Waals surface area contributed by atoms with Crippen molar-refractivity contribution in [3.8, 4) is 0 Å². The fraction of sp³-hybridized carbons (Fsp3) is 0.667. The molecule has 1 heterocycles. The number of carbonyl (C=O) groups excluding carboxylic acids is 1. The van der Waals surface area contributed by atoms with Gasteiger partial charge in [-0.15, -0.1) is 10.2 Å². The molecule has 0 saturated heterocycles. The number of esters is 1. The highest BCUT2D eigenvalue weighted by Gasteiger charge is 2.14. The van der Waals surface area contributed by atoms with E-state index in [4.69, 9.17) is 10.5 Å². The van der Waals surface area contributed by atoms with Crippen LogP contribution in [-0.2, 0) is 16.6 Å². The molecule has 1 atom stereocenters. The molecule has 0 saturated carbocycles. The Hall–Kier alpha value is -1.28. The van der Waals surface area contributed by atoms with Crippen LogP contribution in [0.2, 0.25) is 0 Å². The fourth-order valence-electron chi connectivity index (χ4n) is 1.09.